The summed E-state index contributed by atoms with van der Waals surface area (Å²) in [6, 6.07) is 5.28. The molecule has 0 amide bonds. The molecule has 0 radical (unpaired) electrons. The highest BCUT2D eigenvalue weighted by molar-refractivity contribution is 5.63. The second kappa shape index (κ2) is 8.46. The second-order valence-electron chi connectivity index (χ2n) is 5.09. The van der Waals surface area contributed by atoms with Crippen molar-refractivity contribution in [2.24, 2.45) is 0 Å². The highest BCUT2D eigenvalue weighted by Crippen LogP contribution is 2.24. The summed E-state index contributed by atoms with van der Waals surface area (Å²) in [4.78, 5) is 13.0. The van der Waals surface area contributed by atoms with E-state index in [1.165, 1.54) is 0 Å². The van der Waals surface area contributed by atoms with Gasteiger partial charge in [-0.25, -0.2) is 0 Å². The van der Waals surface area contributed by atoms with E-state index in [4.69, 9.17) is 0 Å². The average Bonchev–Trinajstić information content (AvgIpc) is 2.44. The van der Waals surface area contributed by atoms with Crippen molar-refractivity contribution in [2.45, 2.75) is 33.7 Å². The molecule has 1 aromatic rings. The quantitative estimate of drug-likeness (QED) is 0.541. The van der Waals surface area contributed by atoms with E-state index in [1.54, 1.807) is 12.1 Å². The van der Waals surface area contributed by atoms with Crippen LogP contribution in [0.1, 0.15) is 27.7 Å². The van der Waals surface area contributed by atoms with Crippen molar-refractivity contribution in [1.82, 2.24) is 4.90 Å². The van der Waals surface area contributed by atoms with Crippen molar-refractivity contribution in [3.8, 4) is 0 Å². The lowest BCUT2D eigenvalue weighted by Gasteiger charge is -2.24. The summed E-state index contributed by atoms with van der Waals surface area (Å²) < 4.78 is 0. The van der Waals surface area contributed by atoms with Gasteiger partial charge in [0.1, 0.15) is 0 Å². The fourth-order valence-electron chi connectivity index (χ4n) is 2.31. The first kappa shape index (κ1) is 17.2. The summed E-state index contributed by atoms with van der Waals surface area (Å²) in [6.07, 6.45) is 0. The Morgan fingerprint density at radius 1 is 1.19 bits per heavy atom. The molecule has 1 atom stereocenters. The third-order valence-electron chi connectivity index (χ3n) is 3.35. The SMILES string of the molecule is CCNc1cc(NC(C)CN(CC)CC)cc([N+](=O)[O-])c1. The third-order valence-corrected chi connectivity index (χ3v) is 3.35. The number of benzene rings is 1. The fraction of sp³-hybridized carbons (Fsp3) is 0.600. The fourth-order valence-corrected chi connectivity index (χ4v) is 2.31. The first-order chi connectivity index (χ1) is 9.99. The number of nitro benzene ring substituents is 1. The first-order valence-corrected chi connectivity index (χ1v) is 7.52. The normalized spacial score (nSPS) is 12.2. The zero-order valence-corrected chi connectivity index (χ0v) is 13.3. The van der Waals surface area contributed by atoms with Gasteiger partial charge in [0.15, 0.2) is 0 Å². The largest absolute Gasteiger partial charge is 0.385 e. The van der Waals surface area contributed by atoms with Crippen LogP contribution in [0.3, 0.4) is 0 Å². The molecule has 1 rings (SSSR count). The van der Waals surface area contributed by atoms with Gasteiger partial charge in [-0.2, -0.15) is 0 Å². The minimum Gasteiger partial charge on any atom is -0.385 e. The van der Waals surface area contributed by atoms with Gasteiger partial charge in [-0.3, -0.25) is 10.1 Å². The summed E-state index contributed by atoms with van der Waals surface area (Å²) in [6.45, 7) is 12.0. The molecule has 0 saturated heterocycles. The van der Waals surface area contributed by atoms with Crippen LogP contribution in [0.4, 0.5) is 17.1 Å². The lowest BCUT2D eigenvalue weighted by Crippen LogP contribution is -2.34. The van der Waals surface area contributed by atoms with E-state index in [0.717, 1.165) is 37.6 Å². The van der Waals surface area contributed by atoms with Gasteiger partial charge in [0, 0.05) is 42.6 Å². The predicted octanol–water partition coefficient (Wildman–Crippen LogP) is 3.17. The van der Waals surface area contributed by atoms with Gasteiger partial charge in [-0.05, 0) is 33.0 Å². The minimum atomic E-state index is -0.360. The van der Waals surface area contributed by atoms with E-state index in [0.29, 0.717) is 0 Å². The van der Waals surface area contributed by atoms with Gasteiger partial charge in [0.25, 0.3) is 5.69 Å². The maximum atomic E-state index is 11.0. The van der Waals surface area contributed by atoms with Crippen LogP contribution >= 0.6 is 0 Å². The molecule has 0 saturated carbocycles. The average molecular weight is 294 g/mol. The van der Waals surface area contributed by atoms with E-state index >= 15 is 0 Å². The van der Waals surface area contributed by atoms with Crippen molar-refractivity contribution < 1.29 is 4.92 Å². The van der Waals surface area contributed by atoms with Gasteiger partial charge in [-0.1, -0.05) is 13.8 Å². The number of likely N-dealkylation sites (N-methyl/N-ethyl adjacent to an activating group) is 1. The molecule has 21 heavy (non-hydrogen) atoms. The predicted molar refractivity (Wildman–Crippen MR) is 88.1 cm³/mol. The number of anilines is 2. The van der Waals surface area contributed by atoms with Crippen molar-refractivity contribution in [3.05, 3.63) is 28.3 Å². The maximum Gasteiger partial charge on any atom is 0.273 e. The van der Waals surface area contributed by atoms with Gasteiger partial charge >= 0.3 is 0 Å². The lowest BCUT2D eigenvalue weighted by atomic mass is 10.2. The van der Waals surface area contributed by atoms with Gasteiger partial charge < -0.3 is 15.5 Å². The van der Waals surface area contributed by atoms with Crippen LogP contribution in [-0.4, -0.2) is 42.0 Å². The molecule has 6 heteroatoms. The van der Waals surface area contributed by atoms with Crippen LogP contribution in [0.15, 0.2) is 18.2 Å². The Hall–Kier alpha value is -1.82. The monoisotopic (exact) mass is 294 g/mol. The molecule has 0 aliphatic rings. The van der Waals surface area contributed by atoms with Crippen molar-refractivity contribution in [3.63, 3.8) is 0 Å². The summed E-state index contributed by atoms with van der Waals surface area (Å²) in [5, 5.41) is 17.5. The number of non-ortho nitro benzene ring substituents is 1. The molecule has 1 unspecified atom stereocenters. The van der Waals surface area contributed by atoms with Crippen LogP contribution in [0.2, 0.25) is 0 Å². The zero-order valence-electron chi connectivity index (χ0n) is 13.3. The number of hydrogen-bond acceptors (Lipinski definition) is 5. The van der Waals surface area contributed by atoms with Crippen LogP contribution in [0.5, 0.6) is 0 Å². The molecule has 0 bridgehead atoms. The Balaban J connectivity index is 2.83. The molecule has 2 N–H and O–H groups in total. The second-order valence-corrected chi connectivity index (χ2v) is 5.09. The Kier molecular flexibility index (Phi) is 6.94. The summed E-state index contributed by atoms with van der Waals surface area (Å²) in [7, 11) is 0. The molecule has 6 nitrogen and oxygen atoms in total. The lowest BCUT2D eigenvalue weighted by molar-refractivity contribution is -0.384. The van der Waals surface area contributed by atoms with Crippen molar-refractivity contribution >= 4 is 17.1 Å². The standard InChI is InChI=1S/C15H26N4O2/c1-5-16-13-8-14(10-15(9-13)19(20)21)17-12(4)11-18(6-2)7-3/h8-10,12,16-17H,5-7,11H2,1-4H3. The first-order valence-electron chi connectivity index (χ1n) is 7.52. The van der Waals surface area contributed by atoms with Crippen molar-refractivity contribution in [1.29, 1.82) is 0 Å². The number of nitrogens with zero attached hydrogens (tertiary/aromatic N) is 2. The number of nitrogens with one attached hydrogen (secondary N) is 2. The van der Waals surface area contributed by atoms with Crippen molar-refractivity contribution in [2.75, 3.05) is 36.8 Å². The van der Waals surface area contributed by atoms with Crippen LogP contribution in [-0.2, 0) is 0 Å². The van der Waals surface area contributed by atoms with Gasteiger partial charge in [0.05, 0.1) is 4.92 Å². The molecular weight excluding hydrogens is 268 g/mol. The van der Waals surface area contributed by atoms with Gasteiger partial charge in [-0.15, -0.1) is 0 Å². The molecule has 0 aromatic heterocycles. The van der Waals surface area contributed by atoms with E-state index in [2.05, 4.69) is 36.3 Å². The molecule has 1 aromatic carbocycles. The molecule has 0 fully saturated rings. The Morgan fingerprint density at radius 2 is 1.81 bits per heavy atom. The number of nitro groups is 1. The highest BCUT2D eigenvalue weighted by Gasteiger charge is 2.12. The highest BCUT2D eigenvalue weighted by atomic mass is 16.6. The molecule has 0 heterocycles. The number of hydrogen-bond donors (Lipinski definition) is 2. The Morgan fingerprint density at radius 3 is 2.33 bits per heavy atom. The van der Waals surface area contributed by atoms with Gasteiger partial charge in [0.2, 0.25) is 0 Å². The Labute approximate surface area is 126 Å². The molecule has 118 valence electrons. The Bertz CT molecular complexity index is 461. The molecule has 0 aliphatic heterocycles. The van der Waals surface area contributed by atoms with Crippen LogP contribution in [0.25, 0.3) is 0 Å². The third kappa shape index (κ3) is 5.59. The molecule has 0 aliphatic carbocycles. The zero-order chi connectivity index (χ0) is 15.8. The van der Waals surface area contributed by atoms with E-state index in [-0.39, 0.29) is 16.7 Å². The van der Waals surface area contributed by atoms with Crippen LogP contribution in [0, 0.1) is 10.1 Å². The van der Waals surface area contributed by atoms with Crippen LogP contribution < -0.4 is 10.6 Å². The molecule has 0 spiro atoms. The topological polar surface area (TPSA) is 70.4 Å². The maximum absolute atomic E-state index is 11.0. The summed E-state index contributed by atoms with van der Waals surface area (Å²) in [5.74, 6) is 0. The summed E-state index contributed by atoms with van der Waals surface area (Å²) in [5.41, 5.74) is 1.65. The van der Waals surface area contributed by atoms with E-state index in [9.17, 15) is 10.1 Å². The summed E-state index contributed by atoms with van der Waals surface area (Å²) >= 11 is 0. The number of rotatable bonds is 9. The van der Waals surface area contributed by atoms with E-state index in [1.807, 2.05) is 13.0 Å². The smallest absolute Gasteiger partial charge is 0.273 e. The van der Waals surface area contributed by atoms with E-state index < -0.39 is 0 Å². The molecular formula is C15H26N4O2. The minimum absolute atomic E-state index is 0.103.